The lowest BCUT2D eigenvalue weighted by Crippen LogP contribution is -2.47. The minimum Gasteiger partial charge on any atom is -0.365 e. The van der Waals surface area contributed by atoms with E-state index in [-0.39, 0.29) is 35.8 Å². The molecule has 1 saturated heterocycles. The summed E-state index contributed by atoms with van der Waals surface area (Å²) in [6.07, 6.45) is 1.93. The van der Waals surface area contributed by atoms with Crippen molar-refractivity contribution in [3.63, 3.8) is 0 Å². The number of nitrogens with one attached hydrogen (secondary N) is 4. The Morgan fingerprint density at radius 1 is 1.06 bits per heavy atom. The molecule has 5 rings (SSSR count). The SMILES string of the molecule is O=S(=O)(NC[C@H]1C[C@H](c2c(-c3ccc(F)cc3)[nH]c3c(F)cc(F)cc32)C1)N[C@@H]1CCNCOC1. The molecule has 0 spiro atoms. The first-order chi connectivity index (χ1) is 16.8. The normalized spacial score (nSPS) is 23.2. The predicted octanol–water partition coefficient (Wildman–Crippen LogP) is 3.51. The molecule has 1 aliphatic heterocycles. The summed E-state index contributed by atoms with van der Waals surface area (Å²) in [6, 6.07) is 7.68. The second-order valence-electron chi connectivity index (χ2n) is 9.24. The van der Waals surface area contributed by atoms with Crippen molar-refractivity contribution >= 4 is 21.1 Å². The van der Waals surface area contributed by atoms with Gasteiger partial charge in [-0.25, -0.2) is 17.9 Å². The fourth-order valence-electron chi connectivity index (χ4n) is 4.93. The third kappa shape index (κ3) is 5.39. The van der Waals surface area contributed by atoms with Crippen LogP contribution in [0, 0.1) is 23.4 Å². The first-order valence-corrected chi connectivity index (χ1v) is 13.1. The van der Waals surface area contributed by atoms with E-state index in [1.807, 2.05) is 0 Å². The fourth-order valence-corrected chi connectivity index (χ4v) is 6.10. The number of hydrogen-bond acceptors (Lipinski definition) is 4. The van der Waals surface area contributed by atoms with Gasteiger partial charge in [0.15, 0.2) is 0 Å². The number of aromatic nitrogens is 1. The van der Waals surface area contributed by atoms with E-state index < -0.39 is 21.8 Å². The van der Waals surface area contributed by atoms with E-state index in [4.69, 9.17) is 4.74 Å². The molecule has 2 heterocycles. The summed E-state index contributed by atoms with van der Waals surface area (Å²) in [5, 5.41) is 3.50. The predicted molar refractivity (Wildman–Crippen MR) is 126 cm³/mol. The molecule has 1 saturated carbocycles. The minimum absolute atomic E-state index is 0.0196. The van der Waals surface area contributed by atoms with Gasteiger partial charge in [-0.15, -0.1) is 0 Å². The topological polar surface area (TPSA) is 95.2 Å². The van der Waals surface area contributed by atoms with Crippen molar-refractivity contribution in [2.75, 3.05) is 26.4 Å². The van der Waals surface area contributed by atoms with E-state index >= 15 is 0 Å². The molecular weight excluding hydrogens is 481 g/mol. The third-order valence-electron chi connectivity index (χ3n) is 6.72. The van der Waals surface area contributed by atoms with E-state index in [1.165, 1.54) is 18.2 Å². The summed E-state index contributed by atoms with van der Waals surface area (Å²) in [4.78, 5) is 3.06. The van der Waals surface area contributed by atoms with Crippen LogP contribution in [0.1, 0.15) is 30.7 Å². The van der Waals surface area contributed by atoms with Gasteiger partial charge in [-0.2, -0.15) is 13.1 Å². The van der Waals surface area contributed by atoms with Crippen molar-refractivity contribution < 1.29 is 26.3 Å². The number of ether oxygens (including phenoxy) is 1. The summed E-state index contributed by atoms with van der Waals surface area (Å²) in [7, 11) is -3.69. The van der Waals surface area contributed by atoms with Crippen molar-refractivity contribution in [1.29, 1.82) is 0 Å². The molecule has 35 heavy (non-hydrogen) atoms. The average Bonchev–Trinajstić information content (AvgIpc) is 2.95. The van der Waals surface area contributed by atoms with Gasteiger partial charge in [-0.05, 0) is 79.1 Å². The highest BCUT2D eigenvalue weighted by molar-refractivity contribution is 7.87. The van der Waals surface area contributed by atoms with Crippen LogP contribution in [0.15, 0.2) is 36.4 Å². The van der Waals surface area contributed by atoms with Gasteiger partial charge in [0.2, 0.25) is 0 Å². The van der Waals surface area contributed by atoms with E-state index in [9.17, 15) is 21.6 Å². The summed E-state index contributed by atoms with van der Waals surface area (Å²) < 4.78 is 77.6. The van der Waals surface area contributed by atoms with Crippen molar-refractivity contribution in [2.24, 2.45) is 5.92 Å². The molecule has 188 valence electrons. The number of hydrogen-bond donors (Lipinski definition) is 4. The zero-order valence-corrected chi connectivity index (χ0v) is 19.7. The molecule has 4 N–H and O–H groups in total. The first kappa shape index (κ1) is 24.3. The molecule has 0 unspecified atom stereocenters. The Labute approximate surface area is 201 Å². The van der Waals surface area contributed by atoms with Crippen molar-refractivity contribution in [3.8, 4) is 11.3 Å². The average molecular weight is 509 g/mol. The molecule has 2 fully saturated rings. The van der Waals surface area contributed by atoms with Crippen LogP contribution >= 0.6 is 0 Å². The van der Waals surface area contributed by atoms with Crippen LogP contribution in [-0.4, -0.2) is 45.9 Å². The van der Waals surface area contributed by atoms with Gasteiger partial charge < -0.3 is 9.72 Å². The summed E-state index contributed by atoms with van der Waals surface area (Å²) in [5.41, 5.74) is 2.27. The van der Waals surface area contributed by atoms with Crippen LogP contribution in [-0.2, 0) is 14.9 Å². The zero-order valence-electron chi connectivity index (χ0n) is 18.9. The summed E-state index contributed by atoms with van der Waals surface area (Å²) in [5.74, 6) is -1.70. The third-order valence-corrected chi connectivity index (χ3v) is 7.91. The molecule has 2 aliphatic rings. The second-order valence-corrected chi connectivity index (χ2v) is 10.8. The molecule has 7 nitrogen and oxygen atoms in total. The highest BCUT2D eigenvalue weighted by atomic mass is 32.2. The Morgan fingerprint density at radius 3 is 2.60 bits per heavy atom. The Hall–Kier alpha value is -2.44. The Morgan fingerprint density at radius 2 is 1.83 bits per heavy atom. The van der Waals surface area contributed by atoms with E-state index in [1.54, 1.807) is 12.1 Å². The maximum absolute atomic E-state index is 14.5. The Bertz CT molecular complexity index is 1300. The molecule has 1 aliphatic carbocycles. The quantitative estimate of drug-likeness (QED) is 0.393. The van der Waals surface area contributed by atoms with E-state index in [0.29, 0.717) is 55.8 Å². The molecular formula is C24H27F3N4O3S. The van der Waals surface area contributed by atoms with Gasteiger partial charge in [-0.3, -0.25) is 5.32 Å². The van der Waals surface area contributed by atoms with Gasteiger partial charge in [0, 0.05) is 24.0 Å². The largest absolute Gasteiger partial charge is 0.365 e. The molecule has 0 radical (unpaired) electrons. The van der Waals surface area contributed by atoms with Crippen LogP contribution in [0.4, 0.5) is 13.2 Å². The Kier molecular flexibility index (Phi) is 6.86. The number of H-pyrrole nitrogens is 1. The van der Waals surface area contributed by atoms with Crippen molar-refractivity contribution in [1.82, 2.24) is 19.7 Å². The molecule has 1 atom stereocenters. The molecule has 3 aromatic rings. The molecule has 0 bridgehead atoms. The van der Waals surface area contributed by atoms with Gasteiger partial charge >= 0.3 is 0 Å². The molecule has 0 amide bonds. The number of halogens is 3. The smallest absolute Gasteiger partial charge is 0.277 e. The fraction of sp³-hybridized carbons (Fsp3) is 0.417. The number of aromatic amines is 1. The van der Waals surface area contributed by atoms with Crippen LogP contribution in [0.25, 0.3) is 22.2 Å². The number of rotatable bonds is 7. The van der Waals surface area contributed by atoms with Gasteiger partial charge in [0.25, 0.3) is 10.2 Å². The Balaban J connectivity index is 1.30. The van der Waals surface area contributed by atoms with E-state index in [2.05, 4.69) is 19.7 Å². The molecule has 11 heteroatoms. The first-order valence-electron chi connectivity index (χ1n) is 11.6. The van der Waals surface area contributed by atoms with Crippen LogP contribution < -0.4 is 14.8 Å². The standard InChI is InChI=1S/C24H27F3N4O3S/c25-17-3-1-15(2-4-17)23-22(20-9-18(26)10-21(27)24(20)30-23)16-7-14(8-16)11-29-35(32,33)31-19-5-6-28-13-34-12-19/h1-4,9-10,14,16,19,28-31H,5-8,11-13H2/t14-,16-,19-/m1/s1. The molecule has 1 aromatic heterocycles. The van der Waals surface area contributed by atoms with E-state index in [0.717, 1.165) is 11.6 Å². The molecule has 2 aromatic carbocycles. The summed E-state index contributed by atoms with van der Waals surface area (Å²) >= 11 is 0. The lowest BCUT2D eigenvalue weighted by atomic mass is 9.70. The number of benzene rings is 2. The van der Waals surface area contributed by atoms with Crippen LogP contribution in [0.2, 0.25) is 0 Å². The number of fused-ring (bicyclic) bond motifs is 1. The maximum Gasteiger partial charge on any atom is 0.277 e. The van der Waals surface area contributed by atoms with Crippen LogP contribution in [0.5, 0.6) is 0 Å². The lowest BCUT2D eigenvalue weighted by Gasteiger charge is -2.36. The highest BCUT2D eigenvalue weighted by Crippen LogP contribution is 2.48. The summed E-state index contributed by atoms with van der Waals surface area (Å²) in [6.45, 7) is 1.63. The second kappa shape index (κ2) is 9.90. The van der Waals surface area contributed by atoms with Gasteiger partial charge in [0.05, 0.1) is 24.5 Å². The van der Waals surface area contributed by atoms with Crippen molar-refractivity contribution in [2.45, 2.75) is 31.2 Å². The van der Waals surface area contributed by atoms with Crippen LogP contribution in [0.3, 0.4) is 0 Å². The minimum atomic E-state index is -3.69. The highest BCUT2D eigenvalue weighted by Gasteiger charge is 2.35. The van der Waals surface area contributed by atoms with Gasteiger partial charge in [0.1, 0.15) is 17.5 Å². The van der Waals surface area contributed by atoms with Crippen molar-refractivity contribution in [3.05, 3.63) is 59.4 Å². The lowest BCUT2D eigenvalue weighted by molar-refractivity contribution is 0.120. The maximum atomic E-state index is 14.5. The monoisotopic (exact) mass is 508 g/mol. The zero-order chi connectivity index (χ0) is 24.6. The van der Waals surface area contributed by atoms with Gasteiger partial charge in [-0.1, -0.05) is 0 Å².